The molecule has 0 aromatic rings. The zero-order chi connectivity index (χ0) is 13.7. The molecule has 2 rings (SSSR count). The number of hydrogen-bond donors (Lipinski definition) is 1. The van der Waals surface area contributed by atoms with Crippen LogP contribution < -0.4 is 5.32 Å². The summed E-state index contributed by atoms with van der Waals surface area (Å²) in [4.78, 5) is 14.1. The van der Waals surface area contributed by atoms with Crippen molar-refractivity contribution in [3.05, 3.63) is 0 Å². The molecule has 5 heteroatoms. The van der Waals surface area contributed by atoms with Crippen molar-refractivity contribution in [3.8, 4) is 0 Å². The summed E-state index contributed by atoms with van der Waals surface area (Å²) in [5.74, 6) is 1.44. The summed E-state index contributed by atoms with van der Waals surface area (Å²) in [6, 6.07) is 0.393. The average molecular weight is 300 g/mol. The normalized spacial score (nSPS) is 27.3. The van der Waals surface area contributed by atoms with Gasteiger partial charge >= 0.3 is 0 Å². The van der Waals surface area contributed by atoms with E-state index in [2.05, 4.69) is 17.1 Å². The predicted octanol–water partition coefficient (Wildman–Crippen LogP) is 2.80. The SMILES string of the molecule is CC1CCC(NC(=O)CSC(=S)N2CCCC2)CC1. The maximum absolute atomic E-state index is 11.9. The maximum Gasteiger partial charge on any atom is 0.230 e. The Labute approximate surface area is 125 Å². The minimum atomic E-state index is 0.145. The Balaban J connectivity index is 1.62. The highest BCUT2D eigenvalue weighted by Crippen LogP contribution is 2.23. The first-order valence-corrected chi connectivity index (χ1v) is 8.75. The predicted molar refractivity (Wildman–Crippen MR) is 85.4 cm³/mol. The van der Waals surface area contributed by atoms with E-state index in [-0.39, 0.29) is 5.91 Å². The molecule has 1 N–H and O–H groups in total. The van der Waals surface area contributed by atoms with Gasteiger partial charge in [-0.1, -0.05) is 30.9 Å². The molecule has 1 aliphatic heterocycles. The van der Waals surface area contributed by atoms with Crippen LogP contribution in [-0.4, -0.2) is 40.0 Å². The van der Waals surface area contributed by atoms with Crippen LogP contribution in [0.1, 0.15) is 45.4 Å². The molecule has 1 saturated carbocycles. The molecule has 0 radical (unpaired) electrons. The molecule has 1 heterocycles. The van der Waals surface area contributed by atoms with Gasteiger partial charge in [-0.2, -0.15) is 0 Å². The molecule has 0 unspecified atom stereocenters. The van der Waals surface area contributed by atoms with Gasteiger partial charge in [0.15, 0.2) is 0 Å². The molecule has 0 atom stereocenters. The lowest BCUT2D eigenvalue weighted by atomic mass is 9.87. The van der Waals surface area contributed by atoms with Crippen LogP contribution >= 0.6 is 24.0 Å². The van der Waals surface area contributed by atoms with Gasteiger partial charge in [-0.25, -0.2) is 0 Å². The van der Waals surface area contributed by atoms with E-state index >= 15 is 0 Å². The third kappa shape index (κ3) is 4.95. The first-order chi connectivity index (χ1) is 9.15. The van der Waals surface area contributed by atoms with E-state index in [9.17, 15) is 4.79 Å². The maximum atomic E-state index is 11.9. The molecule has 1 saturated heterocycles. The standard InChI is InChI=1S/C14H24N2OS2/c1-11-4-6-12(7-5-11)15-13(17)10-19-14(18)16-8-2-3-9-16/h11-12H,2-10H2,1H3,(H,15,17). The minimum absolute atomic E-state index is 0.145. The van der Waals surface area contributed by atoms with Crippen molar-refractivity contribution in [2.24, 2.45) is 5.92 Å². The number of carbonyl (C=O) groups is 1. The van der Waals surface area contributed by atoms with Crippen LogP contribution in [0.2, 0.25) is 0 Å². The number of nitrogens with zero attached hydrogens (tertiary/aromatic N) is 1. The molecule has 19 heavy (non-hydrogen) atoms. The van der Waals surface area contributed by atoms with Gasteiger partial charge in [0.2, 0.25) is 5.91 Å². The Hall–Kier alpha value is -0.290. The molecular formula is C14H24N2OS2. The lowest BCUT2D eigenvalue weighted by Crippen LogP contribution is -2.38. The fraction of sp³-hybridized carbons (Fsp3) is 0.857. The highest BCUT2D eigenvalue weighted by molar-refractivity contribution is 8.23. The molecule has 1 aliphatic carbocycles. The smallest absolute Gasteiger partial charge is 0.230 e. The summed E-state index contributed by atoms with van der Waals surface area (Å²) < 4.78 is 0.893. The van der Waals surface area contributed by atoms with Gasteiger partial charge in [0, 0.05) is 19.1 Å². The molecule has 2 fully saturated rings. The Morgan fingerprint density at radius 1 is 1.26 bits per heavy atom. The number of hydrogen-bond acceptors (Lipinski definition) is 3. The van der Waals surface area contributed by atoms with Gasteiger partial charge in [0.1, 0.15) is 4.32 Å². The van der Waals surface area contributed by atoms with Crippen molar-refractivity contribution in [3.63, 3.8) is 0 Å². The van der Waals surface area contributed by atoms with Crippen LogP contribution in [0.15, 0.2) is 0 Å². The summed E-state index contributed by atoms with van der Waals surface area (Å²) >= 11 is 6.88. The van der Waals surface area contributed by atoms with Crippen molar-refractivity contribution in [2.75, 3.05) is 18.8 Å². The monoisotopic (exact) mass is 300 g/mol. The second-order valence-corrected chi connectivity index (χ2v) is 7.38. The minimum Gasteiger partial charge on any atom is -0.358 e. The molecule has 1 amide bonds. The number of likely N-dealkylation sites (tertiary alicyclic amines) is 1. The topological polar surface area (TPSA) is 32.3 Å². The summed E-state index contributed by atoms with van der Waals surface area (Å²) in [6.45, 7) is 4.42. The molecule has 3 nitrogen and oxygen atoms in total. The Bertz CT molecular complexity index is 321. The average Bonchev–Trinajstić information content (AvgIpc) is 2.93. The van der Waals surface area contributed by atoms with E-state index in [1.54, 1.807) is 0 Å². The van der Waals surface area contributed by atoms with Gasteiger partial charge in [0.25, 0.3) is 0 Å². The van der Waals surface area contributed by atoms with Crippen molar-refractivity contribution in [2.45, 2.75) is 51.5 Å². The lowest BCUT2D eigenvalue weighted by Gasteiger charge is -2.27. The number of carbonyl (C=O) groups excluding carboxylic acids is 1. The van der Waals surface area contributed by atoms with E-state index in [0.29, 0.717) is 11.8 Å². The Kier molecular flexibility index (Phi) is 5.95. The van der Waals surface area contributed by atoms with Gasteiger partial charge < -0.3 is 10.2 Å². The van der Waals surface area contributed by atoms with Crippen LogP contribution in [0.3, 0.4) is 0 Å². The number of amides is 1. The molecule has 0 aromatic carbocycles. The zero-order valence-corrected chi connectivity index (χ0v) is 13.3. The lowest BCUT2D eigenvalue weighted by molar-refractivity contribution is -0.119. The van der Waals surface area contributed by atoms with E-state index in [1.807, 2.05) is 0 Å². The van der Waals surface area contributed by atoms with Crippen LogP contribution in [0.25, 0.3) is 0 Å². The van der Waals surface area contributed by atoms with Crippen molar-refractivity contribution in [1.29, 1.82) is 0 Å². The van der Waals surface area contributed by atoms with Gasteiger partial charge in [-0.15, -0.1) is 0 Å². The second-order valence-electron chi connectivity index (χ2n) is 5.77. The van der Waals surface area contributed by atoms with Crippen molar-refractivity contribution < 1.29 is 4.79 Å². The summed E-state index contributed by atoms with van der Waals surface area (Å²) in [6.07, 6.45) is 7.21. The van der Waals surface area contributed by atoms with Gasteiger partial charge in [-0.3, -0.25) is 4.79 Å². The number of thioether (sulfide) groups is 1. The second kappa shape index (κ2) is 7.48. The van der Waals surface area contributed by atoms with E-state index in [1.165, 1.54) is 37.4 Å². The van der Waals surface area contributed by atoms with Crippen LogP contribution in [0.4, 0.5) is 0 Å². The van der Waals surface area contributed by atoms with Crippen molar-refractivity contribution in [1.82, 2.24) is 10.2 Å². The molecule has 2 aliphatic rings. The first kappa shape index (κ1) is 15.1. The molecule has 0 aromatic heterocycles. The number of rotatable bonds is 3. The number of thiocarbonyl (C=S) groups is 1. The van der Waals surface area contributed by atoms with Gasteiger partial charge in [0.05, 0.1) is 5.75 Å². The van der Waals surface area contributed by atoms with Crippen LogP contribution in [0.5, 0.6) is 0 Å². The third-order valence-corrected chi connectivity index (χ3v) is 5.60. The highest BCUT2D eigenvalue weighted by Gasteiger charge is 2.20. The summed E-state index contributed by atoms with van der Waals surface area (Å²) in [7, 11) is 0. The summed E-state index contributed by atoms with van der Waals surface area (Å²) in [5, 5.41) is 3.15. The summed E-state index contributed by atoms with van der Waals surface area (Å²) in [5.41, 5.74) is 0. The highest BCUT2D eigenvalue weighted by atomic mass is 32.2. The number of nitrogens with one attached hydrogen (secondary N) is 1. The molecule has 0 spiro atoms. The third-order valence-electron chi connectivity index (χ3n) is 4.07. The van der Waals surface area contributed by atoms with E-state index < -0.39 is 0 Å². The van der Waals surface area contributed by atoms with Gasteiger partial charge in [-0.05, 0) is 44.4 Å². The quantitative estimate of drug-likeness (QED) is 0.812. The van der Waals surface area contributed by atoms with E-state index in [4.69, 9.17) is 12.2 Å². The molecule has 0 bridgehead atoms. The fourth-order valence-electron chi connectivity index (χ4n) is 2.79. The Morgan fingerprint density at radius 2 is 1.89 bits per heavy atom. The largest absolute Gasteiger partial charge is 0.358 e. The zero-order valence-electron chi connectivity index (χ0n) is 11.7. The first-order valence-electron chi connectivity index (χ1n) is 7.36. The molecular weight excluding hydrogens is 276 g/mol. The fourth-order valence-corrected chi connectivity index (χ4v) is 3.85. The van der Waals surface area contributed by atoms with E-state index in [0.717, 1.165) is 36.2 Å². The van der Waals surface area contributed by atoms with Crippen LogP contribution in [0, 0.1) is 5.92 Å². The van der Waals surface area contributed by atoms with Crippen molar-refractivity contribution >= 4 is 34.2 Å². The van der Waals surface area contributed by atoms with Crippen LogP contribution in [-0.2, 0) is 4.79 Å². The Morgan fingerprint density at radius 3 is 2.53 bits per heavy atom. The molecule has 108 valence electrons.